The number of nitrogens with zero attached hydrogens (tertiary/aromatic N) is 3. The first-order valence-corrected chi connectivity index (χ1v) is 10.1. The summed E-state index contributed by atoms with van der Waals surface area (Å²) < 4.78 is 0. The van der Waals surface area contributed by atoms with Gasteiger partial charge in [0, 0.05) is 39.1 Å². The van der Waals surface area contributed by atoms with Gasteiger partial charge in [-0.05, 0) is 55.5 Å². The fourth-order valence-corrected chi connectivity index (χ4v) is 3.85. The average Bonchev–Trinajstić information content (AvgIpc) is 2.93. The highest BCUT2D eigenvalue weighted by Crippen LogP contribution is 2.15. The van der Waals surface area contributed by atoms with E-state index >= 15 is 0 Å². The Morgan fingerprint density at radius 3 is 2.54 bits per heavy atom. The Labute approximate surface area is 168 Å². The maximum atomic E-state index is 12.7. The smallest absolute Gasteiger partial charge is 0.222 e. The number of benzene rings is 2. The Morgan fingerprint density at radius 1 is 1.04 bits per heavy atom. The summed E-state index contributed by atoms with van der Waals surface area (Å²) in [5.41, 5.74) is 5.73. The largest absolute Gasteiger partial charge is 0.341 e. The summed E-state index contributed by atoms with van der Waals surface area (Å²) in [6, 6.07) is 16.4. The number of carbonyl (C=O) groups excluding carboxylic acids is 1. The fourth-order valence-electron chi connectivity index (χ4n) is 3.85. The Bertz CT molecular complexity index is 851. The third-order valence-corrected chi connectivity index (χ3v) is 5.54. The van der Waals surface area contributed by atoms with Gasteiger partial charge in [-0.15, -0.1) is 0 Å². The highest BCUT2D eigenvalue weighted by molar-refractivity contribution is 5.76. The zero-order valence-corrected chi connectivity index (χ0v) is 16.9. The van der Waals surface area contributed by atoms with Crippen molar-refractivity contribution in [1.82, 2.24) is 9.80 Å². The van der Waals surface area contributed by atoms with Crippen molar-refractivity contribution in [3.8, 4) is 6.07 Å². The van der Waals surface area contributed by atoms with E-state index in [-0.39, 0.29) is 5.91 Å². The summed E-state index contributed by atoms with van der Waals surface area (Å²) in [4.78, 5) is 17.1. The van der Waals surface area contributed by atoms with Gasteiger partial charge in [0.15, 0.2) is 0 Å². The first-order valence-electron chi connectivity index (χ1n) is 10.1. The number of carbonyl (C=O) groups is 1. The molecule has 146 valence electrons. The topological polar surface area (TPSA) is 47.3 Å². The monoisotopic (exact) mass is 375 g/mol. The molecular weight excluding hydrogens is 346 g/mol. The molecule has 1 aliphatic heterocycles. The van der Waals surface area contributed by atoms with Crippen LogP contribution in [0.15, 0.2) is 42.5 Å². The molecule has 0 saturated carbocycles. The van der Waals surface area contributed by atoms with Crippen molar-refractivity contribution in [2.24, 2.45) is 0 Å². The summed E-state index contributed by atoms with van der Waals surface area (Å²) in [7, 11) is 0. The van der Waals surface area contributed by atoms with Crippen molar-refractivity contribution in [2.75, 3.05) is 26.2 Å². The molecule has 1 amide bonds. The Kier molecular flexibility index (Phi) is 6.84. The van der Waals surface area contributed by atoms with E-state index in [0.29, 0.717) is 12.0 Å². The Hall–Kier alpha value is -2.64. The van der Waals surface area contributed by atoms with Gasteiger partial charge in [-0.2, -0.15) is 5.26 Å². The molecule has 4 nitrogen and oxygen atoms in total. The minimum absolute atomic E-state index is 0.264. The van der Waals surface area contributed by atoms with Crippen LogP contribution < -0.4 is 0 Å². The van der Waals surface area contributed by atoms with Crippen LogP contribution >= 0.6 is 0 Å². The van der Waals surface area contributed by atoms with E-state index in [9.17, 15) is 4.79 Å². The van der Waals surface area contributed by atoms with Crippen molar-refractivity contribution >= 4 is 5.91 Å². The molecule has 0 N–H and O–H groups in total. The molecule has 0 spiro atoms. The van der Waals surface area contributed by atoms with Gasteiger partial charge in [-0.1, -0.05) is 35.9 Å². The molecular formula is C24H29N3O. The summed E-state index contributed by atoms with van der Waals surface area (Å²) >= 11 is 0. The van der Waals surface area contributed by atoms with E-state index in [4.69, 9.17) is 5.26 Å². The van der Waals surface area contributed by atoms with Gasteiger partial charge in [0.2, 0.25) is 5.91 Å². The van der Waals surface area contributed by atoms with E-state index in [2.05, 4.69) is 43.0 Å². The SMILES string of the molecule is Cc1ccc(CCC(=O)N2CCCN(Cc3ccc(C#N)cc3)CC2)c(C)c1. The molecule has 2 aromatic carbocycles. The molecule has 1 aliphatic rings. The zero-order valence-electron chi connectivity index (χ0n) is 16.9. The summed E-state index contributed by atoms with van der Waals surface area (Å²) in [5, 5.41) is 8.91. The van der Waals surface area contributed by atoms with E-state index in [1.165, 1.54) is 22.3 Å². The standard InChI is InChI=1S/C24H29N3O/c1-19-4-9-23(20(2)16-19)10-11-24(28)27-13-3-12-26(14-15-27)18-22-7-5-21(17-25)6-8-22/h4-9,16H,3,10-15,18H2,1-2H3. The molecule has 1 saturated heterocycles. The van der Waals surface area contributed by atoms with Crippen LogP contribution in [0.4, 0.5) is 0 Å². The van der Waals surface area contributed by atoms with Crippen LogP contribution in [0.1, 0.15) is 40.7 Å². The van der Waals surface area contributed by atoms with E-state index in [0.717, 1.165) is 45.6 Å². The molecule has 0 aliphatic carbocycles. The highest BCUT2D eigenvalue weighted by atomic mass is 16.2. The molecule has 0 unspecified atom stereocenters. The second-order valence-electron chi connectivity index (χ2n) is 7.75. The highest BCUT2D eigenvalue weighted by Gasteiger charge is 2.19. The van der Waals surface area contributed by atoms with Crippen LogP contribution in [0.3, 0.4) is 0 Å². The average molecular weight is 376 g/mol. The van der Waals surface area contributed by atoms with Crippen LogP contribution in [-0.2, 0) is 17.8 Å². The normalized spacial score (nSPS) is 15.1. The molecule has 0 atom stereocenters. The minimum atomic E-state index is 0.264. The van der Waals surface area contributed by atoms with E-state index in [1.807, 2.05) is 29.2 Å². The summed E-state index contributed by atoms with van der Waals surface area (Å²) in [5.74, 6) is 0.264. The Morgan fingerprint density at radius 2 is 1.82 bits per heavy atom. The van der Waals surface area contributed by atoms with Gasteiger partial charge in [-0.25, -0.2) is 0 Å². The number of rotatable bonds is 5. The molecule has 0 bridgehead atoms. The maximum Gasteiger partial charge on any atom is 0.222 e. The molecule has 1 fully saturated rings. The van der Waals surface area contributed by atoms with Crippen molar-refractivity contribution in [2.45, 2.75) is 39.7 Å². The molecule has 28 heavy (non-hydrogen) atoms. The molecule has 0 aromatic heterocycles. The third kappa shape index (κ3) is 5.43. The van der Waals surface area contributed by atoms with Gasteiger partial charge in [-0.3, -0.25) is 9.69 Å². The second-order valence-corrected chi connectivity index (χ2v) is 7.75. The van der Waals surface area contributed by atoms with Gasteiger partial charge in [0.25, 0.3) is 0 Å². The quantitative estimate of drug-likeness (QED) is 0.798. The maximum absolute atomic E-state index is 12.7. The predicted molar refractivity (Wildman–Crippen MR) is 112 cm³/mol. The summed E-state index contributed by atoms with van der Waals surface area (Å²) in [6.45, 7) is 8.63. The fraction of sp³-hybridized carbons (Fsp3) is 0.417. The van der Waals surface area contributed by atoms with Gasteiger partial charge >= 0.3 is 0 Å². The number of aryl methyl sites for hydroxylation is 3. The predicted octanol–water partition coefficient (Wildman–Crippen LogP) is 3.84. The zero-order chi connectivity index (χ0) is 19.9. The summed E-state index contributed by atoms with van der Waals surface area (Å²) in [6.07, 6.45) is 2.40. The van der Waals surface area contributed by atoms with Gasteiger partial charge in [0.1, 0.15) is 0 Å². The molecule has 0 radical (unpaired) electrons. The lowest BCUT2D eigenvalue weighted by molar-refractivity contribution is -0.131. The molecule has 4 heteroatoms. The lowest BCUT2D eigenvalue weighted by Gasteiger charge is -2.22. The number of hydrogen-bond acceptors (Lipinski definition) is 3. The van der Waals surface area contributed by atoms with Crippen molar-refractivity contribution in [3.63, 3.8) is 0 Å². The molecule has 1 heterocycles. The second kappa shape index (κ2) is 9.52. The van der Waals surface area contributed by atoms with E-state index < -0.39 is 0 Å². The van der Waals surface area contributed by atoms with Gasteiger partial charge in [0.05, 0.1) is 11.6 Å². The van der Waals surface area contributed by atoms with Gasteiger partial charge < -0.3 is 4.90 Å². The van der Waals surface area contributed by atoms with Crippen LogP contribution in [-0.4, -0.2) is 41.9 Å². The van der Waals surface area contributed by atoms with Crippen LogP contribution in [0.2, 0.25) is 0 Å². The first kappa shape index (κ1) is 20.1. The third-order valence-electron chi connectivity index (χ3n) is 5.54. The first-order chi connectivity index (χ1) is 13.5. The lowest BCUT2D eigenvalue weighted by Crippen LogP contribution is -2.35. The number of amides is 1. The lowest BCUT2D eigenvalue weighted by atomic mass is 10.0. The van der Waals surface area contributed by atoms with E-state index in [1.54, 1.807) is 0 Å². The van der Waals surface area contributed by atoms with Crippen LogP contribution in [0.5, 0.6) is 0 Å². The number of nitriles is 1. The Balaban J connectivity index is 1.49. The van der Waals surface area contributed by atoms with Crippen LogP contribution in [0, 0.1) is 25.2 Å². The van der Waals surface area contributed by atoms with Crippen molar-refractivity contribution in [1.29, 1.82) is 5.26 Å². The minimum Gasteiger partial charge on any atom is -0.341 e. The van der Waals surface area contributed by atoms with Crippen molar-refractivity contribution in [3.05, 3.63) is 70.3 Å². The van der Waals surface area contributed by atoms with Crippen molar-refractivity contribution < 1.29 is 4.79 Å². The molecule has 2 aromatic rings. The van der Waals surface area contributed by atoms with Crippen LogP contribution in [0.25, 0.3) is 0 Å². The molecule has 3 rings (SSSR count). The number of hydrogen-bond donors (Lipinski definition) is 0.